The van der Waals surface area contributed by atoms with Gasteiger partial charge >= 0.3 is 0 Å². The first-order valence-electron chi connectivity index (χ1n) is 9.14. The normalized spacial score (nSPS) is 44.0. The van der Waals surface area contributed by atoms with Gasteiger partial charge in [-0.3, -0.25) is 0 Å². The van der Waals surface area contributed by atoms with E-state index in [2.05, 4.69) is 27.7 Å². The summed E-state index contributed by atoms with van der Waals surface area (Å²) < 4.78 is 0. The Balaban J connectivity index is 2.11. The van der Waals surface area contributed by atoms with Gasteiger partial charge in [0.05, 0.1) is 18.8 Å². The van der Waals surface area contributed by atoms with Gasteiger partial charge in [-0.2, -0.15) is 0 Å². The quantitative estimate of drug-likeness (QED) is 0.685. The third-order valence-electron chi connectivity index (χ3n) is 7.12. The smallest absolute Gasteiger partial charge is 0.0784 e. The van der Waals surface area contributed by atoms with Gasteiger partial charge in [0, 0.05) is 5.41 Å². The molecule has 1 saturated carbocycles. The third-order valence-corrected chi connectivity index (χ3v) is 7.12. The molecular weight excluding hydrogens is 288 g/mol. The van der Waals surface area contributed by atoms with Gasteiger partial charge in [0.15, 0.2) is 0 Å². The highest BCUT2D eigenvalue weighted by atomic mass is 16.3. The average molecular weight is 320 g/mol. The van der Waals surface area contributed by atoms with Crippen LogP contribution in [0, 0.1) is 22.7 Å². The Morgan fingerprint density at radius 1 is 1.17 bits per heavy atom. The molecule has 0 aromatic rings. The maximum atomic E-state index is 10.9. The van der Waals surface area contributed by atoms with Gasteiger partial charge in [-0.15, -0.1) is 0 Å². The molecule has 0 bridgehead atoms. The summed E-state index contributed by atoms with van der Waals surface area (Å²) in [7, 11) is 0. The summed E-state index contributed by atoms with van der Waals surface area (Å²) in [5.74, 6) is 0.725. The summed E-state index contributed by atoms with van der Waals surface area (Å²) in [6.45, 7) is 8.91. The van der Waals surface area contributed by atoms with Gasteiger partial charge in [0.25, 0.3) is 0 Å². The van der Waals surface area contributed by atoms with Crippen molar-refractivity contribution in [2.75, 3.05) is 6.61 Å². The van der Waals surface area contributed by atoms with E-state index in [1.807, 2.05) is 0 Å². The molecule has 0 aromatic heterocycles. The van der Waals surface area contributed by atoms with Crippen molar-refractivity contribution < 1.29 is 15.3 Å². The number of allylic oxidation sites excluding steroid dienone is 2. The van der Waals surface area contributed by atoms with Crippen LogP contribution in [0.1, 0.15) is 59.8 Å². The molecule has 130 valence electrons. The second kappa shape index (κ2) is 5.72. The zero-order chi connectivity index (χ0) is 17.0. The molecule has 3 heteroatoms. The number of aliphatic hydroxyl groups is 3. The lowest BCUT2D eigenvalue weighted by molar-refractivity contribution is -0.0142. The van der Waals surface area contributed by atoms with Crippen molar-refractivity contribution in [3.63, 3.8) is 0 Å². The fourth-order valence-corrected chi connectivity index (χ4v) is 5.40. The molecule has 0 radical (unpaired) electrons. The molecule has 0 aromatic carbocycles. The van der Waals surface area contributed by atoms with Gasteiger partial charge in [0.2, 0.25) is 0 Å². The highest BCUT2D eigenvalue weighted by Gasteiger charge is 2.55. The maximum absolute atomic E-state index is 10.9. The van der Waals surface area contributed by atoms with E-state index in [-0.39, 0.29) is 23.4 Å². The van der Waals surface area contributed by atoms with Crippen molar-refractivity contribution in [1.29, 1.82) is 0 Å². The minimum absolute atomic E-state index is 0.172. The van der Waals surface area contributed by atoms with Crippen LogP contribution in [0.5, 0.6) is 0 Å². The van der Waals surface area contributed by atoms with E-state index < -0.39 is 12.2 Å². The Morgan fingerprint density at radius 3 is 2.48 bits per heavy atom. The molecule has 3 nitrogen and oxygen atoms in total. The third kappa shape index (κ3) is 2.52. The molecule has 3 aliphatic carbocycles. The Bertz CT molecular complexity index is 547. The van der Waals surface area contributed by atoms with E-state index in [0.717, 1.165) is 19.3 Å². The fraction of sp³-hybridized carbons (Fsp3) is 0.800. The molecule has 3 N–H and O–H groups in total. The second-order valence-electron chi connectivity index (χ2n) is 8.81. The molecule has 0 heterocycles. The molecule has 0 spiro atoms. The summed E-state index contributed by atoms with van der Waals surface area (Å²) >= 11 is 0. The van der Waals surface area contributed by atoms with Crippen LogP contribution in [0.3, 0.4) is 0 Å². The maximum Gasteiger partial charge on any atom is 0.0784 e. The number of fused-ring (bicyclic) bond motifs is 3. The topological polar surface area (TPSA) is 60.7 Å². The SMILES string of the molecule is CC(C)C1=C2C3C[C@@H](O)C(CO)=C[C@H](O)[C@]3(C)CC[C@@]2(C)CC1. The van der Waals surface area contributed by atoms with E-state index in [4.69, 9.17) is 0 Å². The Morgan fingerprint density at radius 2 is 1.87 bits per heavy atom. The lowest BCUT2D eigenvalue weighted by atomic mass is 9.54. The summed E-state index contributed by atoms with van der Waals surface area (Å²) in [6, 6.07) is 0. The molecule has 5 atom stereocenters. The number of rotatable bonds is 2. The Labute approximate surface area is 140 Å². The monoisotopic (exact) mass is 320 g/mol. The van der Waals surface area contributed by atoms with Crippen LogP contribution in [0.25, 0.3) is 0 Å². The molecule has 3 rings (SSSR count). The lowest BCUT2D eigenvalue weighted by Crippen LogP contribution is -2.46. The second-order valence-corrected chi connectivity index (χ2v) is 8.81. The Hall–Kier alpha value is -0.640. The number of aliphatic hydroxyl groups excluding tert-OH is 3. The van der Waals surface area contributed by atoms with Crippen LogP contribution in [0.15, 0.2) is 22.8 Å². The molecular formula is C20H32O3. The molecule has 0 amide bonds. The highest BCUT2D eigenvalue weighted by molar-refractivity contribution is 5.37. The zero-order valence-corrected chi connectivity index (χ0v) is 15.0. The molecule has 3 aliphatic rings. The van der Waals surface area contributed by atoms with Gasteiger partial charge in [-0.1, -0.05) is 44.9 Å². The fourth-order valence-electron chi connectivity index (χ4n) is 5.40. The molecule has 0 aliphatic heterocycles. The van der Waals surface area contributed by atoms with Crippen molar-refractivity contribution >= 4 is 0 Å². The standard InChI is InChI=1S/C20H32O3/c1-12(2)14-5-6-19(3)7-8-20(4)15(18(14)19)10-16(22)13(11-21)9-17(20)23/h9,12,15-17,21-23H,5-8,10-11H2,1-4H3/t15?,16-,17+,19-,20-/m1/s1. The van der Waals surface area contributed by atoms with E-state index >= 15 is 0 Å². The van der Waals surface area contributed by atoms with Crippen LogP contribution in [-0.2, 0) is 0 Å². The lowest BCUT2D eigenvalue weighted by Gasteiger charge is -2.51. The van der Waals surface area contributed by atoms with Gasteiger partial charge in [0.1, 0.15) is 0 Å². The van der Waals surface area contributed by atoms with Gasteiger partial charge in [-0.25, -0.2) is 0 Å². The van der Waals surface area contributed by atoms with Crippen LogP contribution >= 0.6 is 0 Å². The van der Waals surface area contributed by atoms with Gasteiger partial charge in [-0.05, 0) is 54.9 Å². The predicted octanol–water partition coefficient (Wildman–Crippen LogP) is 3.20. The van der Waals surface area contributed by atoms with E-state index in [0.29, 0.717) is 17.9 Å². The largest absolute Gasteiger partial charge is 0.392 e. The molecule has 23 heavy (non-hydrogen) atoms. The summed E-state index contributed by atoms with van der Waals surface area (Å²) in [4.78, 5) is 0. The first-order valence-corrected chi connectivity index (χ1v) is 9.14. The molecule has 1 fully saturated rings. The Kier molecular flexibility index (Phi) is 4.27. The van der Waals surface area contributed by atoms with Crippen LogP contribution < -0.4 is 0 Å². The summed E-state index contributed by atoms with van der Waals surface area (Å²) in [5.41, 5.74) is 3.64. The van der Waals surface area contributed by atoms with Crippen molar-refractivity contribution in [3.05, 3.63) is 22.8 Å². The van der Waals surface area contributed by atoms with Crippen molar-refractivity contribution in [1.82, 2.24) is 0 Å². The highest BCUT2D eigenvalue weighted by Crippen LogP contribution is 2.63. The van der Waals surface area contributed by atoms with E-state index in [9.17, 15) is 15.3 Å². The van der Waals surface area contributed by atoms with Crippen molar-refractivity contribution in [2.24, 2.45) is 22.7 Å². The minimum Gasteiger partial charge on any atom is -0.392 e. The van der Waals surface area contributed by atoms with Crippen LogP contribution in [0.2, 0.25) is 0 Å². The number of hydrogen-bond donors (Lipinski definition) is 3. The van der Waals surface area contributed by atoms with Crippen molar-refractivity contribution in [2.45, 2.75) is 72.0 Å². The summed E-state index contributed by atoms with van der Waals surface area (Å²) in [5, 5.41) is 31.0. The van der Waals surface area contributed by atoms with Gasteiger partial charge < -0.3 is 15.3 Å². The van der Waals surface area contributed by atoms with E-state index in [1.54, 1.807) is 11.6 Å². The number of hydrogen-bond acceptors (Lipinski definition) is 3. The predicted molar refractivity (Wildman–Crippen MR) is 91.8 cm³/mol. The first kappa shape index (κ1) is 17.2. The van der Waals surface area contributed by atoms with Crippen molar-refractivity contribution in [3.8, 4) is 0 Å². The minimum atomic E-state index is -0.648. The zero-order valence-electron chi connectivity index (χ0n) is 15.0. The van der Waals surface area contributed by atoms with Crippen LogP contribution in [0.4, 0.5) is 0 Å². The van der Waals surface area contributed by atoms with Crippen LogP contribution in [-0.4, -0.2) is 34.1 Å². The first-order chi connectivity index (χ1) is 10.7. The average Bonchev–Trinajstić information content (AvgIpc) is 2.81. The summed E-state index contributed by atoms with van der Waals surface area (Å²) in [6.07, 6.45) is 5.55. The molecule has 1 unspecified atom stereocenters. The molecule has 0 saturated heterocycles. The van der Waals surface area contributed by atoms with E-state index in [1.165, 1.54) is 12.0 Å².